The Morgan fingerprint density at radius 1 is 1.12 bits per heavy atom. The van der Waals surface area contributed by atoms with Gasteiger partial charge < -0.3 is 29.9 Å². The van der Waals surface area contributed by atoms with Crippen molar-refractivity contribution in [3.05, 3.63) is 0 Å². The molecule has 1 heterocycles. The van der Waals surface area contributed by atoms with Gasteiger partial charge in [-0.3, -0.25) is 4.79 Å². The van der Waals surface area contributed by atoms with Crippen LogP contribution in [-0.4, -0.2) is 53.7 Å². The quantitative estimate of drug-likeness (QED) is 0.608. The van der Waals surface area contributed by atoms with Gasteiger partial charge in [0.05, 0.1) is 6.10 Å². The summed E-state index contributed by atoms with van der Waals surface area (Å²) in [7, 11) is 0. The van der Waals surface area contributed by atoms with Crippen LogP contribution in [0.15, 0.2) is 0 Å². The maximum Gasteiger partial charge on any atom is 0.320 e. The first-order valence-corrected chi connectivity index (χ1v) is 9.07. The molecule has 0 bridgehead atoms. The van der Waals surface area contributed by atoms with Gasteiger partial charge in [0.15, 0.2) is 0 Å². The molecule has 0 aromatic carbocycles. The number of aliphatic carboxylic acids is 1. The Kier molecular flexibility index (Phi) is 22.1. The summed E-state index contributed by atoms with van der Waals surface area (Å²) in [4.78, 5) is 38.9. The lowest BCUT2D eigenvalue weighted by atomic mass is 9.96. The lowest BCUT2D eigenvalue weighted by Crippen LogP contribution is -2.29. The lowest BCUT2D eigenvalue weighted by Gasteiger charge is -2.16. The van der Waals surface area contributed by atoms with Crippen molar-refractivity contribution in [1.29, 1.82) is 0 Å². The standard InChI is InChI=1S/C7H14O2.C5H9NO2.C4H8O.C3H6O/c1-5(2)7(9)6(3)4-8;7-5(8)4-2-1-3-6-4;1-4(2)3-5;1-2-3-4/h4-7,9H,1-3H3;4,6H,1-3H2,(H,7,8);3-4H,1-2H3;3H,2H2,1H3/t6-,7+;4-;;/m10../s1. The second-order valence-electron chi connectivity index (χ2n) is 6.67. The summed E-state index contributed by atoms with van der Waals surface area (Å²) in [6, 6.07) is -0.269. The Morgan fingerprint density at radius 3 is 1.69 bits per heavy atom. The largest absolute Gasteiger partial charge is 0.480 e. The SMILES string of the molecule is CC(C)C=O.CC(C)[C@H](O)[C@H](C)C=O.CCC=O.O=C(O)[C@@H]1CCCN1. The number of hydrogen-bond donors (Lipinski definition) is 3. The third-order valence-electron chi connectivity index (χ3n) is 3.23. The van der Waals surface area contributed by atoms with Gasteiger partial charge in [-0.2, -0.15) is 0 Å². The Hall–Kier alpha value is -1.60. The first kappa shape index (κ1) is 29.2. The summed E-state index contributed by atoms with van der Waals surface area (Å²) < 4.78 is 0. The van der Waals surface area contributed by atoms with E-state index in [4.69, 9.17) is 10.2 Å². The van der Waals surface area contributed by atoms with Crippen LogP contribution in [0.4, 0.5) is 0 Å². The van der Waals surface area contributed by atoms with E-state index in [9.17, 15) is 19.2 Å². The molecule has 7 nitrogen and oxygen atoms in total. The topological polar surface area (TPSA) is 121 Å². The molecule has 1 fully saturated rings. The highest BCUT2D eigenvalue weighted by molar-refractivity contribution is 5.73. The monoisotopic (exact) mass is 375 g/mol. The fraction of sp³-hybridized carbons (Fsp3) is 0.789. The molecular weight excluding hydrogens is 338 g/mol. The number of aliphatic hydroxyl groups is 1. The van der Waals surface area contributed by atoms with E-state index in [1.165, 1.54) is 0 Å². The number of carboxylic acids is 1. The molecule has 0 amide bonds. The molecule has 3 N–H and O–H groups in total. The average molecular weight is 376 g/mol. The van der Waals surface area contributed by atoms with Gasteiger partial charge in [-0.05, 0) is 25.3 Å². The van der Waals surface area contributed by atoms with Crippen molar-refractivity contribution < 1.29 is 29.4 Å². The Bertz CT molecular complexity index is 365. The molecule has 0 aliphatic carbocycles. The number of aldehydes is 3. The second kappa shape index (κ2) is 19.7. The molecule has 0 unspecified atom stereocenters. The minimum absolute atomic E-state index is 0.171. The molecule has 7 heteroatoms. The maximum absolute atomic E-state index is 10.1. The van der Waals surface area contributed by atoms with Gasteiger partial charge in [-0.25, -0.2) is 0 Å². The van der Waals surface area contributed by atoms with E-state index >= 15 is 0 Å². The third-order valence-corrected chi connectivity index (χ3v) is 3.23. The van der Waals surface area contributed by atoms with E-state index in [1.54, 1.807) is 6.92 Å². The van der Waals surface area contributed by atoms with Gasteiger partial charge in [-0.15, -0.1) is 0 Å². The number of carbonyl (C=O) groups excluding carboxylic acids is 3. The van der Waals surface area contributed by atoms with Crippen LogP contribution >= 0.6 is 0 Å². The van der Waals surface area contributed by atoms with Gasteiger partial charge in [0, 0.05) is 18.3 Å². The number of carbonyl (C=O) groups is 4. The van der Waals surface area contributed by atoms with Gasteiger partial charge in [0.25, 0.3) is 0 Å². The minimum atomic E-state index is -0.720. The van der Waals surface area contributed by atoms with Crippen LogP contribution in [0.25, 0.3) is 0 Å². The fourth-order valence-corrected chi connectivity index (χ4v) is 1.58. The zero-order chi connectivity index (χ0) is 21.1. The van der Waals surface area contributed by atoms with Crippen molar-refractivity contribution in [3.8, 4) is 0 Å². The smallest absolute Gasteiger partial charge is 0.320 e. The van der Waals surface area contributed by atoms with Crippen LogP contribution in [-0.2, 0) is 19.2 Å². The predicted molar refractivity (Wildman–Crippen MR) is 102 cm³/mol. The Balaban J connectivity index is -0.000000286. The summed E-state index contributed by atoms with van der Waals surface area (Å²) in [6.07, 6.45) is 4.51. The molecule has 0 aromatic heterocycles. The molecule has 0 radical (unpaired) electrons. The van der Waals surface area contributed by atoms with Crippen LogP contribution in [0.2, 0.25) is 0 Å². The molecule has 1 aliphatic heterocycles. The summed E-state index contributed by atoms with van der Waals surface area (Å²) in [6.45, 7) is 11.9. The molecule has 0 spiro atoms. The maximum atomic E-state index is 10.1. The molecule has 154 valence electrons. The highest BCUT2D eigenvalue weighted by Crippen LogP contribution is 2.09. The zero-order valence-corrected chi connectivity index (χ0v) is 17.0. The van der Waals surface area contributed by atoms with E-state index in [1.807, 2.05) is 34.6 Å². The number of aliphatic hydroxyl groups excluding tert-OH is 1. The Morgan fingerprint density at radius 2 is 1.58 bits per heavy atom. The lowest BCUT2D eigenvalue weighted by molar-refractivity contribution is -0.139. The zero-order valence-electron chi connectivity index (χ0n) is 17.0. The summed E-state index contributed by atoms with van der Waals surface area (Å²) in [5.74, 6) is -0.576. The van der Waals surface area contributed by atoms with Gasteiger partial charge in [0.2, 0.25) is 0 Å². The Labute approximate surface area is 157 Å². The molecule has 26 heavy (non-hydrogen) atoms. The van der Waals surface area contributed by atoms with E-state index < -0.39 is 12.1 Å². The molecule has 3 atom stereocenters. The van der Waals surface area contributed by atoms with Crippen LogP contribution in [0.1, 0.15) is 60.8 Å². The van der Waals surface area contributed by atoms with Gasteiger partial charge in [-0.1, -0.05) is 41.5 Å². The highest BCUT2D eigenvalue weighted by Gasteiger charge is 2.20. The van der Waals surface area contributed by atoms with Crippen molar-refractivity contribution in [2.45, 2.75) is 73.0 Å². The second-order valence-corrected chi connectivity index (χ2v) is 6.67. The number of nitrogens with one attached hydrogen (secondary N) is 1. The summed E-state index contributed by atoms with van der Waals surface area (Å²) in [5.41, 5.74) is 0. The number of hydrogen-bond acceptors (Lipinski definition) is 6. The van der Waals surface area contributed by atoms with E-state index in [-0.39, 0.29) is 23.8 Å². The molecule has 1 aliphatic rings. The predicted octanol–water partition coefficient (Wildman–Crippen LogP) is 2.10. The van der Waals surface area contributed by atoms with Crippen molar-refractivity contribution >= 4 is 24.8 Å². The molecule has 1 saturated heterocycles. The number of rotatable bonds is 6. The van der Waals surface area contributed by atoms with Crippen LogP contribution < -0.4 is 5.32 Å². The molecule has 0 saturated carbocycles. The fourth-order valence-electron chi connectivity index (χ4n) is 1.58. The summed E-state index contributed by atoms with van der Waals surface area (Å²) in [5, 5.41) is 20.4. The highest BCUT2D eigenvalue weighted by atomic mass is 16.4. The van der Waals surface area contributed by atoms with Crippen molar-refractivity contribution in [2.75, 3.05) is 6.54 Å². The minimum Gasteiger partial charge on any atom is -0.480 e. The van der Waals surface area contributed by atoms with Crippen molar-refractivity contribution in [3.63, 3.8) is 0 Å². The third kappa shape index (κ3) is 20.4. The van der Waals surface area contributed by atoms with Crippen molar-refractivity contribution in [2.24, 2.45) is 17.8 Å². The van der Waals surface area contributed by atoms with Gasteiger partial charge >= 0.3 is 5.97 Å². The van der Waals surface area contributed by atoms with Gasteiger partial charge in [0.1, 0.15) is 24.9 Å². The first-order valence-electron chi connectivity index (χ1n) is 9.07. The molecular formula is C19H37NO6. The molecule has 1 rings (SSSR count). The number of carboxylic acid groups (broad SMARTS) is 1. The van der Waals surface area contributed by atoms with E-state index in [0.29, 0.717) is 6.42 Å². The van der Waals surface area contributed by atoms with Crippen molar-refractivity contribution in [1.82, 2.24) is 5.32 Å². The molecule has 0 aromatic rings. The summed E-state index contributed by atoms with van der Waals surface area (Å²) >= 11 is 0. The van der Waals surface area contributed by atoms with Crippen LogP contribution in [0.5, 0.6) is 0 Å². The average Bonchev–Trinajstić information content (AvgIpc) is 3.16. The van der Waals surface area contributed by atoms with E-state index in [2.05, 4.69) is 5.32 Å². The van der Waals surface area contributed by atoms with Crippen LogP contribution in [0.3, 0.4) is 0 Å². The van der Waals surface area contributed by atoms with E-state index in [0.717, 1.165) is 38.2 Å². The van der Waals surface area contributed by atoms with Crippen LogP contribution in [0, 0.1) is 17.8 Å². The first-order chi connectivity index (χ1) is 12.1. The normalized spacial score (nSPS) is 17.3.